The van der Waals surface area contributed by atoms with Crippen molar-refractivity contribution in [2.75, 3.05) is 16.5 Å². The average Bonchev–Trinajstić information content (AvgIpc) is 3.35. The summed E-state index contributed by atoms with van der Waals surface area (Å²) in [5.41, 5.74) is 9.05. The fourth-order valence-corrected chi connectivity index (χ4v) is 6.41. The highest BCUT2D eigenvalue weighted by molar-refractivity contribution is 8.26. The zero-order valence-corrected chi connectivity index (χ0v) is 28.0. The van der Waals surface area contributed by atoms with Crippen molar-refractivity contribution in [1.29, 1.82) is 0 Å². The first kappa shape index (κ1) is 32.4. The van der Waals surface area contributed by atoms with Crippen molar-refractivity contribution in [2.45, 2.75) is 13.8 Å². The summed E-state index contributed by atoms with van der Waals surface area (Å²) in [6.45, 7) is 3.72. The molecule has 1 aliphatic heterocycles. The molecule has 9 heteroatoms. The molecule has 0 atom stereocenters. The van der Waals surface area contributed by atoms with Gasteiger partial charge < -0.3 is 10.0 Å². The van der Waals surface area contributed by atoms with Gasteiger partial charge in [0.2, 0.25) is 0 Å². The summed E-state index contributed by atoms with van der Waals surface area (Å²) in [4.78, 5) is 27.6. The van der Waals surface area contributed by atoms with E-state index in [2.05, 4.69) is 91.5 Å². The van der Waals surface area contributed by atoms with Crippen LogP contribution in [0.15, 0.2) is 137 Å². The fourth-order valence-electron chi connectivity index (χ4n) is 5.16. The molecule has 1 N–H and O–H groups in total. The molecule has 0 saturated carbocycles. The van der Waals surface area contributed by atoms with Gasteiger partial charge in [0.05, 0.1) is 22.5 Å². The van der Waals surface area contributed by atoms with Crippen LogP contribution in [-0.4, -0.2) is 39.0 Å². The second-order valence-electron chi connectivity index (χ2n) is 11.2. The Balaban J connectivity index is 1.25. The van der Waals surface area contributed by atoms with E-state index in [-0.39, 0.29) is 4.32 Å². The molecule has 0 spiro atoms. The first-order valence-corrected chi connectivity index (χ1v) is 16.5. The highest BCUT2D eigenvalue weighted by atomic mass is 32.2. The molecule has 0 radical (unpaired) electrons. The summed E-state index contributed by atoms with van der Waals surface area (Å²) in [6, 6.07) is 42.9. The van der Waals surface area contributed by atoms with Gasteiger partial charge in [-0.3, -0.25) is 14.5 Å². The molecule has 0 aliphatic carbocycles. The van der Waals surface area contributed by atoms with E-state index in [1.165, 1.54) is 11.1 Å². The van der Waals surface area contributed by atoms with Crippen LogP contribution in [0.3, 0.4) is 0 Å². The van der Waals surface area contributed by atoms with Crippen molar-refractivity contribution in [2.24, 2.45) is 5.10 Å². The van der Waals surface area contributed by atoms with E-state index >= 15 is 0 Å². The Bertz CT molecular complexity index is 1950. The van der Waals surface area contributed by atoms with Crippen molar-refractivity contribution in [1.82, 2.24) is 4.90 Å². The number of benzene rings is 5. The van der Waals surface area contributed by atoms with Gasteiger partial charge in [-0.25, -0.2) is 5.01 Å². The number of hydrazone groups is 1. The largest absolute Gasteiger partial charge is 0.480 e. The molecule has 6 rings (SSSR count). The Kier molecular flexibility index (Phi) is 9.80. The average molecular weight is 669 g/mol. The SMILES string of the molecule is Cc1ccc(N(c2ccc(C)cc2)c2ccc(C=NN(c3ccccc3)c3ccc(C=C4SC(=S)N(CC(=O)O)C4=O)cc3)cc2)cc1. The molecule has 0 bridgehead atoms. The number of carboxylic acid groups (broad SMARTS) is 1. The molecular weight excluding hydrogens is 637 g/mol. The van der Waals surface area contributed by atoms with Crippen LogP contribution in [0.1, 0.15) is 22.3 Å². The second kappa shape index (κ2) is 14.5. The van der Waals surface area contributed by atoms with Crippen molar-refractivity contribution >= 4 is 80.9 Å². The third kappa shape index (κ3) is 7.54. The van der Waals surface area contributed by atoms with E-state index < -0.39 is 18.4 Å². The maximum Gasteiger partial charge on any atom is 0.323 e. The molecule has 1 saturated heterocycles. The van der Waals surface area contributed by atoms with Gasteiger partial charge in [0.1, 0.15) is 10.9 Å². The van der Waals surface area contributed by atoms with E-state index in [9.17, 15) is 9.59 Å². The number of rotatable bonds is 10. The number of nitrogens with zero attached hydrogens (tertiary/aromatic N) is 4. The number of carboxylic acids is 1. The predicted molar refractivity (Wildman–Crippen MR) is 201 cm³/mol. The Morgan fingerprint density at radius 2 is 1.21 bits per heavy atom. The maximum absolute atomic E-state index is 12.7. The summed E-state index contributed by atoms with van der Waals surface area (Å²) < 4.78 is 0.237. The van der Waals surface area contributed by atoms with Gasteiger partial charge >= 0.3 is 5.97 Å². The van der Waals surface area contributed by atoms with Crippen LogP contribution in [0.4, 0.5) is 28.4 Å². The number of carbonyl (C=O) groups is 2. The van der Waals surface area contributed by atoms with Crippen LogP contribution >= 0.6 is 24.0 Å². The van der Waals surface area contributed by atoms with Gasteiger partial charge in [-0.05, 0) is 91.7 Å². The predicted octanol–water partition coefficient (Wildman–Crippen LogP) is 9.23. The Morgan fingerprint density at radius 1 is 0.729 bits per heavy atom. The summed E-state index contributed by atoms with van der Waals surface area (Å²) in [7, 11) is 0. The molecule has 5 aromatic carbocycles. The van der Waals surface area contributed by atoms with Crippen molar-refractivity contribution < 1.29 is 14.7 Å². The van der Waals surface area contributed by atoms with Crippen LogP contribution in [0, 0.1) is 13.8 Å². The highest BCUT2D eigenvalue weighted by Gasteiger charge is 2.33. The highest BCUT2D eigenvalue weighted by Crippen LogP contribution is 2.35. The standard InChI is InChI=1S/C39H32N4O3S2/c1-27-8-16-31(17-9-27)42(32-18-10-28(2)11-19-32)33-20-14-30(15-21-33)25-40-43(34-6-4-3-5-7-34)35-22-12-29(13-23-35)24-36-38(46)41(26-37(44)45)39(47)48-36/h3-25H,26H2,1-2H3,(H,44,45). The topological polar surface area (TPSA) is 76.4 Å². The minimum atomic E-state index is -1.11. The normalized spacial score (nSPS) is 13.8. The number of aryl methyl sites for hydroxylation is 2. The van der Waals surface area contributed by atoms with Crippen LogP contribution in [0.25, 0.3) is 6.08 Å². The minimum absolute atomic E-state index is 0.237. The smallest absolute Gasteiger partial charge is 0.323 e. The number of amides is 1. The van der Waals surface area contributed by atoms with Gasteiger partial charge in [0.15, 0.2) is 0 Å². The zero-order valence-electron chi connectivity index (χ0n) is 26.4. The number of aliphatic carboxylic acids is 1. The van der Waals surface area contributed by atoms with E-state index in [1.807, 2.05) is 65.8 Å². The number of thiocarbonyl (C=S) groups is 1. The van der Waals surface area contributed by atoms with Crippen LogP contribution in [0.5, 0.6) is 0 Å². The summed E-state index contributed by atoms with van der Waals surface area (Å²) in [5.74, 6) is -1.51. The lowest BCUT2D eigenvalue weighted by Crippen LogP contribution is -2.33. The zero-order chi connectivity index (χ0) is 33.6. The van der Waals surface area contributed by atoms with Crippen LogP contribution in [-0.2, 0) is 9.59 Å². The molecule has 1 amide bonds. The van der Waals surface area contributed by atoms with Crippen LogP contribution < -0.4 is 9.91 Å². The molecule has 1 fully saturated rings. The lowest BCUT2D eigenvalue weighted by Gasteiger charge is -2.26. The summed E-state index contributed by atoms with van der Waals surface area (Å²) in [6.07, 6.45) is 3.56. The van der Waals surface area contributed by atoms with Gasteiger partial charge in [-0.2, -0.15) is 5.10 Å². The van der Waals surface area contributed by atoms with Gasteiger partial charge in [-0.15, -0.1) is 0 Å². The maximum atomic E-state index is 12.7. The van der Waals surface area contributed by atoms with Crippen LogP contribution in [0.2, 0.25) is 0 Å². The van der Waals surface area contributed by atoms with Crippen molar-refractivity contribution in [3.05, 3.63) is 155 Å². The summed E-state index contributed by atoms with van der Waals surface area (Å²) in [5, 5.41) is 15.8. The van der Waals surface area contributed by atoms with E-state index in [4.69, 9.17) is 22.4 Å². The van der Waals surface area contributed by atoms with Crippen molar-refractivity contribution in [3.8, 4) is 0 Å². The Morgan fingerprint density at radius 3 is 1.75 bits per heavy atom. The quantitative estimate of drug-likeness (QED) is 0.0688. The molecule has 238 valence electrons. The lowest BCUT2D eigenvalue weighted by molar-refractivity contribution is -0.140. The van der Waals surface area contributed by atoms with Gasteiger partial charge in [-0.1, -0.05) is 102 Å². The third-order valence-electron chi connectivity index (χ3n) is 7.66. The monoisotopic (exact) mass is 668 g/mol. The number of para-hydroxylation sites is 1. The number of anilines is 5. The number of thioether (sulfide) groups is 1. The molecular formula is C39H32N4O3S2. The molecule has 5 aromatic rings. The molecule has 0 unspecified atom stereocenters. The fraction of sp³-hybridized carbons (Fsp3) is 0.0769. The number of hydrogen-bond donors (Lipinski definition) is 1. The number of carbonyl (C=O) groups excluding carboxylic acids is 1. The molecule has 48 heavy (non-hydrogen) atoms. The second-order valence-corrected chi connectivity index (χ2v) is 12.9. The van der Waals surface area contributed by atoms with Crippen molar-refractivity contribution in [3.63, 3.8) is 0 Å². The van der Waals surface area contributed by atoms with E-state index in [1.54, 1.807) is 6.08 Å². The molecule has 0 aromatic heterocycles. The Labute approximate surface area is 289 Å². The minimum Gasteiger partial charge on any atom is -0.480 e. The summed E-state index contributed by atoms with van der Waals surface area (Å²) >= 11 is 6.32. The first-order chi connectivity index (χ1) is 23.2. The number of hydrogen-bond acceptors (Lipinski definition) is 7. The molecule has 1 aliphatic rings. The van der Waals surface area contributed by atoms with Gasteiger partial charge in [0.25, 0.3) is 5.91 Å². The lowest BCUT2D eigenvalue weighted by atomic mass is 10.1. The van der Waals surface area contributed by atoms with E-state index in [0.717, 1.165) is 56.2 Å². The van der Waals surface area contributed by atoms with E-state index in [0.29, 0.717) is 4.91 Å². The third-order valence-corrected chi connectivity index (χ3v) is 9.04. The van der Waals surface area contributed by atoms with Gasteiger partial charge in [0, 0.05) is 17.1 Å². The molecule has 7 nitrogen and oxygen atoms in total. The first-order valence-electron chi connectivity index (χ1n) is 15.2. The Hall–Kier alpha value is -5.51. The molecule has 1 heterocycles.